The van der Waals surface area contributed by atoms with E-state index in [0.29, 0.717) is 6.42 Å². The number of guanidine groups is 2. The van der Waals surface area contributed by atoms with Gasteiger partial charge in [0.25, 0.3) is 5.91 Å². The number of hydrogen-bond donors (Lipinski definition) is 22. The van der Waals surface area contributed by atoms with Gasteiger partial charge in [0.1, 0.15) is 84.5 Å². The SMILES string of the molecule is COC(c1ccc(O)cc1)C1NC(=O)[C@H](CCC(N)=O)N(C)C(=O)C(CC(C)C)NC(=O)C(CCCN=C(N)N)NC(=O)C([C@@H](C)O)NC(=O)[C@H](NC(=O)[C@@H](NC(=O)C(O)C(O)C(CCCN=C(N)N)NC(=O)[C@H](CC(N)=O)NC(=O)C(C)C(O)C(C)CC(C)C)[C@@H](C)C(C)C(N)=O)[C@@H](C)OC(=O)[C@@H]2CCCCN2C(=O)C(CC(N)=O)NC1=O. The number of benzene rings is 1. The second-order valence-corrected chi connectivity index (χ2v) is 31.2. The van der Waals surface area contributed by atoms with Crippen LogP contribution in [0.15, 0.2) is 34.3 Å². The van der Waals surface area contributed by atoms with E-state index in [1.807, 2.05) is 13.8 Å². The molecule has 0 aromatic heterocycles. The van der Waals surface area contributed by atoms with Crippen molar-refractivity contribution in [1.82, 2.24) is 57.7 Å². The molecule has 2 heterocycles. The number of nitrogens with two attached hydrogens (primary N) is 8. The zero-order chi connectivity index (χ0) is 90.3. The minimum atomic E-state index is -2.71. The van der Waals surface area contributed by atoms with E-state index < -0.39 is 259 Å². The molecule has 15 amide bonds. The number of fused-ring (bicyclic) bond motifs is 1. The fourth-order valence-electron chi connectivity index (χ4n) is 13.7. The van der Waals surface area contributed by atoms with Crippen molar-refractivity contribution in [1.29, 1.82) is 0 Å². The Hall–Kier alpha value is -11.1. The van der Waals surface area contributed by atoms with Gasteiger partial charge in [0.15, 0.2) is 18.0 Å². The molecule has 2 fully saturated rings. The lowest BCUT2D eigenvalue weighted by molar-refractivity contribution is -0.164. The Kier molecular flexibility index (Phi) is 41.8. The number of carbonyl (C=O) groups excluding carboxylic acids is 16. The molecule has 2 saturated heterocycles. The summed E-state index contributed by atoms with van der Waals surface area (Å²) in [7, 11) is 2.25. The van der Waals surface area contributed by atoms with Crippen molar-refractivity contribution >= 4 is 106 Å². The molecule has 0 bridgehead atoms. The van der Waals surface area contributed by atoms with Gasteiger partial charge in [-0.3, -0.25) is 81.9 Å². The number of phenolic OH excluding ortho intramolecular Hbond substituents is 1. The first-order chi connectivity index (χ1) is 55.5. The summed E-state index contributed by atoms with van der Waals surface area (Å²) in [6.45, 7) is 14.0. The van der Waals surface area contributed by atoms with Gasteiger partial charge in [0.2, 0.25) is 82.7 Å². The Morgan fingerprint density at radius 3 is 1.74 bits per heavy atom. The molecule has 44 nitrogen and oxygen atoms in total. The molecule has 3 rings (SSSR count). The van der Waals surface area contributed by atoms with Crippen LogP contribution in [0.5, 0.6) is 5.75 Å². The van der Waals surface area contributed by atoms with E-state index in [0.717, 1.165) is 37.8 Å². The average molecular weight is 1690 g/mol. The number of carbonyl (C=O) groups is 16. The van der Waals surface area contributed by atoms with Crippen molar-refractivity contribution in [2.75, 3.05) is 33.8 Å². The van der Waals surface area contributed by atoms with Crippen LogP contribution in [0.2, 0.25) is 0 Å². The average Bonchev–Trinajstić information content (AvgIpc) is 0.995. The number of methoxy groups -OCH3 is 1. The van der Waals surface area contributed by atoms with Crippen molar-refractivity contribution in [2.24, 2.45) is 91.4 Å². The van der Waals surface area contributed by atoms with E-state index in [1.54, 1.807) is 20.8 Å². The van der Waals surface area contributed by atoms with Gasteiger partial charge in [0, 0.05) is 46.1 Å². The third-order valence-corrected chi connectivity index (χ3v) is 20.6. The van der Waals surface area contributed by atoms with Gasteiger partial charge < -0.3 is 139 Å². The van der Waals surface area contributed by atoms with Crippen molar-refractivity contribution in [2.45, 2.75) is 256 Å². The number of phenols is 1. The van der Waals surface area contributed by atoms with Gasteiger partial charge in [-0.2, -0.15) is 0 Å². The minimum absolute atomic E-state index is 0.0999. The third-order valence-electron chi connectivity index (χ3n) is 20.6. The molecule has 0 radical (unpaired) electrons. The molecule has 21 atom stereocenters. The molecule has 1 aromatic rings. The summed E-state index contributed by atoms with van der Waals surface area (Å²) < 4.78 is 11.8. The zero-order valence-electron chi connectivity index (χ0n) is 69.4. The Morgan fingerprint density at radius 1 is 0.613 bits per heavy atom. The normalized spacial score (nSPS) is 23.3. The molecule has 1 aromatic carbocycles. The lowest BCUT2D eigenvalue weighted by atomic mass is 9.87. The number of aliphatic hydroxyl groups excluding tert-OH is 4. The summed E-state index contributed by atoms with van der Waals surface area (Å²) >= 11 is 0. The number of esters is 1. The molecule has 2 aliphatic heterocycles. The van der Waals surface area contributed by atoms with Gasteiger partial charge in [0.05, 0.1) is 37.0 Å². The fraction of sp³-hybridized carbons (Fsp3) is 0.680. The van der Waals surface area contributed by atoms with Gasteiger partial charge >= 0.3 is 5.97 Å². The van der Waals surface area contributed by atoms with Crippen LogP contribution >= 0.6 is 0 Å². The molecule has 44 heteroatoms. The van der Waals surface area contributed by atoms with Crippen LogP contribution in [0.1, 0.15) is 164 Å². The molecule has 0 spiro atoms. The van der Waals surface area contributed by atoms with E-state index in [9.17, 15) is 68.7 Å². The van der Waals surface area contributed by atoms with E-state index >= 15 is 33.6 Å². The van der Waals surface area contributed by atoms with Crippen molar-refractivity contribution in [3.8, 4) is 5.75 Å². The largest absolute Gasteiger partial charge is 0.508 e. The highest BCUT2D eigenvalue weighted by Gasteiger charge is 2.47. The fourth-order valence-corrected chi connectivity index (χ4v) is 13.7. The van der Waals surface area contributed by atoms with Crippen LogP contribution in [0, 0.1) is 35.5 Å². The number of amides is 15. The van der Waals surface area contributed by atoms with Gasteiger partial charge in [-0.25, -0.2) is 4.79 Å². The monoisotopic (exact) mass is 1690 g/mol. The maximum Gasteiger partial charge on any atom is 0.329 e. The second kappa shape index (κ2) is 48.7. The first-order valence-electron chi connectivity index (χ1n) is 39.3. The molecule has 119 heavy (non-hydrogen) atoms. The Morgan fingerprint density at radius 2 is 1.19 bits per heavy atom. The summed E-state index contributed by atoms with van der Waals surface area (Å²) in [5, 5.41) is 78.3. The Labute approximate surface area is 689 Å². The molecule has 668 valence electrons. The molecular weight excluding hydrogens is 1560 g/mol. The quantitative estimate of drug-likeness (QED) is 0.0127. The summed E-state index contributed by atoms with van der Waals surface area (Å²) in [4.78, 5) is 239. The predicted molar refractivity (Wildman–Crippen MR) is 427 cm³/mol. The predicted octanol–water partition coefficient (Wildman–Crippen LogP) is -7.69. The lowest BCUT2D eigenvalue weighted by Gasteiger charge is -2.38. The highest BCUT2D eigenvalue weighted by Crippen LogP contribution is 2.28. The van der Waals surface area contributed by atoms with Gasteiger partial charge in [-0.1, -0.05) is 67.5 Å². The van der Waals surface area contributed by atoms with Crippen molar-refractivity contribution in [3.63, 3.8) is 0 Å². The van der Waals surface area contributed by atoms with Crippen molar-refractivity contribution in [3.05, 3.63) is 29.8 Å². The number of piperidine rings is 1. The number of likely N-dealkylation sites (N-methyl/N-ethyl adjacent to an activating group) is 1. The first-order valence-corrected chi connectivity index (χ1v) is 39.3. The number of ether oxygens (including phenoxy) is 2. The smallest absolute Gasteiger partial charge is 0.329 e. The van der Waals surface area contributed by atoms with E-state index in [-0.39, 0.29) is 93.7 Å². The number of nitrogens with one attached hydrogen (secondary N) is 9. The molecular formula is C75H125N21O23. The topological polar surface area (TPSA) is 740 Å². The van der Waals surface area contributed by atoms with Crippen molar-refractivity contribution < 1.29 is 112 Å². The summed E-state index contributed by atoms with van der Waals surface area (Å²) in [5.74, 6) is -25.4. The van der Waals surface area contributed by atoms with Crippen LogP contribution in [0.3, 0.4) is 0 Å². The summed E-state index contributed by atoms with van der Waals surface area (Å²) in [6.07, 6.45) is -15.5. The number of hydrogen-bond acceptors (Lipinski definition) is 25. The zero-order valence-corrected chi connectivity index (χ0v) is 69.4. The van der Waals surface area contributed by atoms with Gasteiger partial charge in [-0.05, 0) is 119 Å². The molecule has 2 aliphatic rings. The van der Waals surface area contributed by atoms with E-state index in [1.165, 1.54) is 45.0 Å². The second-order valence-electron chi connectivity index (χ2n) is 31.2. The van der Waals surface area contributed by atoms with Crippen LogP contribution in [-0.2, 0) is 86.2 Å². The number of cyclic esters (lactones) is 1. The van der Waals surface area contributed by atoms with Crippen LogP contribution in [-0.4, -0.2) is 273 Å². The highest BCUT2D eigenvalue weighted by atomic mass is 16.5. The van der Waals surface area contributed by atoms with Crippen LogP contribution in [0.25, 0.3) is 0 Å². The van der Waals surface area contributed by atoms with E-state index in [4.69, 9.17) is 55.3 Å². The standard InChI is InChI=1S/C75H125N21O23/c1-33(2)29-35(5)57(102)38(8)62(106)88-45(31-51(77)100)64(108)86-43(17-15-26-84-74(80)81)58(103)59(104)70(114)91-53(36(6)37(7)61(79)105)66(110)93-55-40(10)119-73(117)49-19-13-14-28-96(49)72(116)47(32-52(78)101)90-69(113)56(60(118-12)41-20-22-42(98)23-21-41)94-65(109)48(24-25-50(76)99)95(11)71(115)46(30-34(3)4)89-63(107)44(18-16-27-85-75(82)83)87-67(111)54(39(9)97)92-68(55)112/h20-23,33-40,43-49,53-60,97-98,102-104H,13-19,24-32H2,1-12H3,(H2,76,99)(H2,77,100)(H2,78,101)(H2,79,105)(H,86,108)(H,87,111)(H,88,106)(H,89,107)(H,90,113)(H,91,114)(H,92,112)(H,93,110)(H,94,109)(H4,80,81,84)(H4,82,83,85)/t35?,36-,37?,38?,39+,40+,43?,44?,45-,46?,47?,48-,49-,53-,54?,55+,56?,57?,58?,59?,60?/m0/s1. The van der Waals surface area contributed by atoms with Gasteiger partial charge in [-0.15, -0.1) is 0 Å². The maximum absolute atomic E-state index is 15.4. The van der Waals surface area contributed by atoms with E-state index in [2.05, 4.69) is 57.8 Å². The number of nitrogens with zero attached hydrogens (tertiary/aromatic N) is 4. The molecule has 0 aliphatic carbocycles. The molecule has 13 unspecified atom stereocenters. The summed E-state index contributed by atoms with van der Waals surface area (Å²) in [5.41, 5.74) is 45.0. The number of rotatable bonds is 38. The highest BCUT2D eigenvalue weighted by molar-refractivity contribution is 6.01. The third kappa shape index (κ3) is 32.3. The summed E-state index contributed by atoms with van der Waals surface area (Å²) in [6, 6.07) is -16.1. The van der Waals surface area contributed by atoms with Crippen LogP contribution in [0.4, 0.5) is 0 Å². The first kappa shape index (κ1) is 102. The minimum Gasteiger partial charge on any atom is -0.508 e. The molecule has 30 N–H and O–H groups in total. The number of primary amides is 4. The molecule has 0 saturated carbocycles. The maximum atomic E-state index is 15.4. The van der Waals surface area contributed by atoms with Crippen LogP contribution < -0.4 is 93.7 Å². The lowest BCUT2D eigenvalue weighted by Crippen LogP contribution is -2.65. The number of aliphatic hydroxyl groups is 4. The Bertz CT molecular complexity index is 3750. The number of aromatic hydroxyl groups is 1. The Balaban J connectivity index is 2.43. The number of aliphatic imine (C=N–C) groups is 2.